The summed E-state index contributed by atoms with van der Waals surface area (Å²) in [6.45, 7) is 7.93. The minimum absolute atomic E-state index is 0.0330. The van der Waals surface area contributed by atoms with Crippen molar-refractivity contribution in [1.82, 2.24) is 35.1 Å². The first-order valence-corrected chi connectivity index (χ1v) is 15.6. The number of anilines is 1. The summed E-state index contributed by atoms with van der Waals surface area (Å²) in [4.78, 5) is 48.2. The van der Waals surface area contributed by atoms with Crippen LogP contribution in [0.15, 0.2) is 48.7 Å². The van der Waals surface area contributed by atoms with Crippen LogP contribution in [0, 0.1) is 0 Å². The number of piperidine rings is 1. The number of carbonyl (C=O) groups excluding carboxylic acids is 3. The number of nitrogens with zero attached hydrogens (tertiary/aromatic N) is 5. The lowest BCUT2D eigenvalue weighted by molar-refractivity contribution is -0.135. The van der Waals surface area contributed by atoms with E-state index < -0.39 is 6.04 Å². The summed E-state index contributed by atoms with van der Waals surface area (Å²) in [6, 6.07) is 12.9. The van der Waals surface area contributed by atoms with Gasteiger partial charge in [-0.25, -0.2) is 9.59 Å². The molecule has 11 heteroatoms. The second kappa shape index (κ2) is 13.0. The number of urea groups is 2. The monoisotopic (exact) mass is 586 g/mol. The van der Waals surface area contributed by atoms with Gasteiger partial charge in [0.05, 0.1) is 11.7 Å². The number of unbranched alkanes of at least 4 members (excludes halogenated alkanes) is 1. The van der Waals surface area contributed by atoms with Crippen LogP contribution in [0.5, 0.6) is 0 Å². The zero-order chi connectivity index (χ0) is 29.8. The van der Waals surface area contributed by atoms with Crippen LogP contribution in [0.1, 0.15) is 43.7 Å². The van der Waals surface area contributed by atoms with Gasteiger partial charge in [-0.05, 0) is 55.1 Å². The Labute approximate surface area is 252 Å². The van der Waals surface area contributed by atoms with E-state index in [-0.39, 0.29) is 24.0 Å². The van der Waals surface area contributed by atoms with E-state index >= 15 is 0 Å². The predicted molar refractivity (Wildman–Crippen MR) is 166 cm³/mol. The molecule has 0 radical (unpaired) electrons. The van der Waals surface area contributed by atoms with Gasteiger partial charge >= 0.3 is 12.1 Å². The number of fused-ring (bicyclic) bond motifs is 2. The number of benzene rings is 2. The number of likely N-dealkylation sites (tertiary alicyclic amines) is 1. The van der Waals surface area contributed by atoms with E-state index in [9.17, 15) is 14.4 Å². The summed E-state index contributed by atoms with van der Waals surface area (Å²) in [5, 5.41) is 14.2. The third kappa shape index (κ3) is 6.61. The standard InChI is InChI=1S/C32H42N8O3/c1-2-3-12-37-15-17-38(18-16-37)30(41)29(20-23-8-9-28-25(19-23)21-33-36-28)35-31(42)39-13-10-26(11-14-39)40-22-24-6-4-5-7-27(24)34-32(40)43/h4-9,19,21,26,29H,2-3,10-18,20,22H2,1H3,(H,33,36)(H,34,43)(H,35,42). The average Bonchev–Trinajstić information content (AvgIpc) is 3.51. The van der Waals surface area contributed by atoms with E-state index in [0.717, 1.165) is 60.2 Å². The van der Waals surface area contributed by atoms with Crippen molar-refractivity contribution in [3.8, 4) is 0 Å². The highest BCUT2D eigenvalue weighted by molar-refractivity contribution is 5.92. The number of aromatic nitrogens is 2. The molecule has 6 rings (SSSR count). The van der Waals surface area contributed by atoms with Gasteiger partial charge in [-0.2, -0.15) is 5.10 Å². The molecule has 3 aliphatic rings. The van der Waals surface area contributed by atoms with Crippen LogP contribution >= 0.6 is 0 Å². The van der Waals surface area contributed by atoms with Gasteiger partial charge in [-0.1, -0.05) is 37.6 Å². The van der Waals surface area contributed by atoms with Crippen molar-refractivity contribution in [3.05, 3.63) is 59.8 Å². The molecule has 0 spiro atoms. The van der Waals surface area contributed by atoms with Crippen molar-refractivity contribution in [2.75, 3.05) is 51.1 Å². The third-order valence-electron chi connectivity index (χ3n) is 9.11. The Balaban J connectivity index is 1.09. The summed E-state index contributed by atoms with van der Waals surface area (Å²) < 4.78 is 0. The molecule has 2 aromatic carbocycles. The Morgan fingerprint density at radius 2 is 1.81 bits per heavy atom. The van der Waals surface area contributed by atoms with Crippen LogP contribution < -0.4 is 10.6 Å². The van der Waals surface area contributed by atoms with Crippen LogP contribution in [0.25, 0.3) is 10.9 Å². The van der Waals surface area contributed by atoms with Gasteiger partial charge in [0, 0.05) is 69.3 Å². The molecule has 1 aromatic heterocycles. The fraction of sp³-hybridized carbons (Fsp3) is 0.500. The zero-order valence-corrected chi connectivity index (χ0v) is 24.9. The molecule has 4 heterocycles. The molecule has 228 valence electrons. The zero-order valence-electron chi connectivity index (χ0n) is 24.9. The fourth-order valence-electron chi connectivity index (χ4n) is 6.49. The van der Waals surface area contributed by atoms with E-state index in [1.165, 1.54) is 0 Å². The number of piperazine rings is 1. The van der Waals surface area contributed by atoms with E-state index in [1.807, 2.05) is 52.3 Å². The average molecular weight is 587 g/mol. The molecule has 1 atom stereocenters. The lowest BCUT2D eigenvalue weighted by Gasteiger charge is -2.41. The van der Waals surface area contributed by atoms with Crippen LogP contribution in [-0.2, 0) is 17.8 Å². The van der Waals surface area contributed by atoms with Gasteiger partial charge in [0.25, 0.3) is 0 Å². The molecule has 5 amide bonds. The number of para-hydroxylation sites is 1. The molecular weight excluding hydrogens is 544 g/mol. The highest BCUT2D eigenvalue weighted by atomic mass is 16.2. The van der Waals surface area contributed by atoms with Crippen molar-refractivity contribution in [2.24, 2.45) is 0 Å². The molecule has 3 aromatic rings. The smallest absolute Gasteiger partial charge is 0.322 e. The first-order valence-electron chi connectivity index (χ1n) is 15.6. The number of H-pyrrole nitrogens is 1. The topological polar surface area (TPSA) is 117 Å². The van der Waals surface area contributed by atoms with Gasteiger partial charge in [0.15, 0.2) is 0 Å². The molecular formula is C32H42N8O3. The molecule has 3 N–H and O–H groups in total. The van der Waals surface area contributed by atoms with E-state index in [2.05, 4.69) is 32.7 Å². The van der Waals surface area contributed by atoms with E-state index in [0.29, 0.717) is 52.0 Å². The minimum Gasteiger partial charge on any atom is -0.338 e. The van der Waals surface area contributed by atoms with E-state index in [1.54, 1.807) is 11.1 Å². The molecule has 0 bridgehead atoms. The highest BCUT2D eigenvalue weighted by Crippen LogP contribution is 2.27. The maximum Gasteiger partial charge on any atom is 0.322 e. The second-order valence-corrected chi connectivity index (χ2v) is 12.0. The van der Waals surface area contributed by atoms with Crippen LogP contribution in [0.2, 0.25) is 0 Å². The normalized spacial score (nSPS) is 18.8. The number of nitrogens with one attached hydrogen (secondary N) is 3. The van der Waals surface area contributed by atoms with Crippen molar-refractivity contribution in [3.63, 3.8) is 0 Å². The largest absolute Gasteiger partial charge is 0.338 e. The predicted octanol–water partition coefficient (Wildman–Crippen LogP) is 3.64. The van der Waals surface area contributed by atoms with Crippen molar-refractivity contribution >= 4 is 34.6 Å². The quantitative estimate of drug-likeness (QED) is 0.373. The molecule has 0 aliphatic carbocycles. The SMILES string of the molecule is CCCCN1CCN(C(=O)C(Cc2ccc3[nH]ncc3c2)NC(=O)N2CCC(N3Cc4ccccc4NC3=O)CC2)CC1. The molecule has 2 saturated heterocycles. The Morgan fingerprint density at radius 1 is 1.02 bits per heavy atom. The van der Waals surface area contributed by atoms with Crippen LogP contribution in [0.3, 0.4) is 0 Å². The number of aromatic amines is 1. The Hall–Kier alpha value is -4.12. The van der Waals surface area contributed by atoms with Gasteiger partial charge < -0.3 is 25.3 Å². The second-order valence-electron chi connectivity index (χ2n) is 12.0. The van der Waals surface area contributed by atoms with Gasteiger partial charge in [0.2, 0.25) is 5.91 Å². The van der Waals surface area contributed by atoms with Crippen LogP contribution in [-0.4, -0.2) is 106 Å². The molecule has 1 unspecified atom stereocenters. The van der Waals surface area contributed by atoms with Gasteiger partial charge in [0.1, 0.15) is 6.04 Å². The number of hydrogen-bond acceptors (Lipinski definition) is 5. The summed E-state index contributed by atoms with van der Waals surface area (Å²) in [5.74, 6) is -0.0330. The number of hydrogen-bond donors (Lipinski definition) is 3. The Kier molecular flexibility index (Phi) is 8.78. The summed E-state index contributed by atoms with van der Waals surface area (Å²) >= 11 is 0. The molecule has 3 aliphatic heterocycles. The summed E-state index contributed by atoms with van der Waals surface area (Å²) in [7, 11) is 0. The molecule has 11 nitrogen and oxygen atoms in total. The lowest BCUT2D eigenvalue weighted by Crippen LogP contribution is -2.58. The van der Waals surface area contributed by atoms with Crippen molar-refractivity contribution in [2.45, 2.75) is 57.7 Å². The third-order valence-corrected chi connectivity index (χ3v) is 9.11. The number of rotatable bonds is 8. The first-order chi connectivity index (χ1) is 21.0. The summed E-state index contributed by atoms with van der Waals surface area (Å²) in [6.07, 6.45) is 5.89. The molecule has 2 fully saturated rings. The molecule has 0 saturated carbocycles. The van der Waals surface area contributed by atoms with E-state index in [4.69, 9.17) is 0 Å². The Bertz CT molecular complexity index is 1440. The number of carbonyl (C=O) groups is 3. The van der Waals surface area contributed by atoms with Crippen molar-refractivity contribution < 1.29 is 14.4 Å². The lowest BCUT2D eigenvalue weighted by atomic mass is 10.0. The fourth-order valence-corrected chi connectivity index (χ4v) is 6.49. The minimum atomic E-state index is -0.666. The molecule has 43 heavy (non-hydrogen) atoms. The Morgan fingerprint density at radius 3 is 2.60 bits per heavy atom. The van der Waals surface area contributed by atoms with Gasteiger partial charge in [-0.3, -0.25) is 14.8 Å². The first kappa shape index (κ1) is 29.0. The van der Waals surface area contributed by atoms with Crippen LogP contribution in [0.4, 0.5) is 15.3 Å². The number of amides is 5. The summed E-state index contributed by atoms with van der Waals surface area (Å²) in [5.41, 5.74) is 3.88. The maximum atomic E-state index is 13.9. The van der Waals surface area contributed by atoms with Gasteiger partial charge in [-0.15, -0.1) is 0 Å². The van der Waals surface area contributed by atoms with Crippen molar-refractivity contribution in [1.29, 1.82) is 0 Å². The maximum absolute atomic E-state index is 13.9. The highest BCUT2D eigenvalue weighted by Gasteiger charge is 2.34.